The summed E-state index contributed by atoms with van der Waals surface area (Å²) < 4.78 is 7.92. The fourth-order valence-corrected chi connectivity index (χ4v) is 2.41. The van der Waals surface area contributed by atoms with Crippen LogP contribution in [0.25, 0.3) is 0 Å². The molecule has 2 aromatic rings. The molecule has 1 aliphatic rings. The van der Waals surface area contributed by atoms with Crippen LogP contribution in [-0.4, -0.2) is 26.8 Å². The molecule has 3 heterocycles. The Hall–Kier alpha value is -1.95. The molecule has 1 N–H and O–H groups in total. The molecule has 106 valence electrons. The van der Waals surface area contributed by atoms with E-state index in [2.05, 4.69) is 25.1 Å². The van der Waals surface area contributed by atoms with E-state index in [0.717, 1.165) is 42.6 Å². The first-order valence-electron chi connectivity index (χ1n) is 7.00. The fraction of sp³-hybridized carbons (Fsp3) is 0.500. The van der Waals surface area contributed by atoms with E-state index in [1.54, 1.807) is 6.20 Å². The first-order chi connectivity index (χ1) is 9.86. The van der Waals surface area contributed by atoms with E-state index < -0.39 is 0 Å². The van der Waals surface area contributed by atoms with Crippen LogP contribution in [0.3, 0.4) is 0 Å². The highest BCUT2D eigenvalue weighted by Crippen LogP contribution is 2.16. The van der Waals surface area contributed by atoms with E-state index in [-0.39, 0.29) is 0 Å². The summed E-state index contributed by atoms with van der Waals surface area (Å²) in [6, 6.07) is 3.90. The summed E-state index contributed by atoms with van der Waals surface area (Å²) in [5, 5.41) is 11.5. The predicted molar refractivity (Wildman–Crippen MR) is 74.3 cm³/mol. The molecule has 0 saturated carbocycles. The van der Waals surface area contributed by atoms with Crippen molar-refractivity contribution in [2.75, 3.05) is 7.05 Å². The number of hydrogen-bond donors (Lipinski definition) is 1. The van der Waals surface area contributed by atoms with Crippen molar-refractivity contribution in [2.45, 2.75) is 39.0 Å². The molecular weight excluding hydrogens is 254 g/mol. The summed E-state index contributed by atoms with van der Waals surface area (Å²) in [6.45, 7) is 2.21. The maximum Gasteiger partial charge on any atom is 0.171 e. The van der Waals surface area contributed by atoms with Crippen molar-refractivity contribution < 1.29 is 4.74 Å². The number of aryl methyl sites for hydroxylation is 1. The Morgan fingerprint density at radius 2 is 2.25 bits per heavy atom. The third-order valence-electron chi connectivity index (χ3n) is 3.46. The van der Waals surface area contributed by atoms with Crippen molar-refractivity contribution in [1.29, 1.82) is 0 Å². The first-order valence-corrected chi connectivity index (χ1v) is 7.00. The minimum absolute atomic E-state index is 0.444. The molecule has 20 heavy (non-hydrogen) atoms. The molecule has 3 rings (SSSR count). The molecule has 0 radical (unpaired) electrons. The van der Waals surface area contributed by atoms with Gasteiger partial charge in [0.25, 0.3) is 0 Å². The molecule has 0 saturated heterocycles. The van der Waals surface area contributed by atoms with Crippen LogP contribution in [0, 0.1) is 0 Å². The Bertz CT molecular complexity index is 563. The molecule has 0 unspecified atom stereocenters. The maximum atomic E-state index is 5.74. The van der Waals surface area contributed by atoms with Crippen LogP contribution in [0.5, 0.6) is 5.75 Å². The number of pyridine rings is 1. The van der Waals surface area contributed by atoms with E-state index in [9.17, 15) is 0 Å². The van der Waals surface area contributed by atoms with Gasteiger partial charge in [-0.25, -0.2) is 0 Å². The zero-order valence-corrected chi connectivity index (χ0v) is 11.7. The van der Waals surface area contributed by atoms with Crippen LogP contribution in [0.4, 0.5) is 0 Å². The third kappa shape index (κ3) is 2.80. The van der Waals surface area contributed by atoms with Gasteiger partial charge in [0, 0.05) is 19.5 Å². The molecule has 0 aromatic carbocycles. The average Bonchev–Trinajstić information content (AvgIpc) is 2.90. The molecule has 0 bridgehead atoms. The van der Waals surface area contributed by atoms with Crippen molar-refractivity contribution in [3.63, 3.8) is 0 Å². The van der Waals surface area contributed by atoms with Gasteiger partial charge in [-0.1, -0.05) is 0 Å². The minimum atomic E-state index is 0.444. The molecule has 6 nitrogen and oxygen atoms in total. The summed E-state index contributed by atoms with van der Waals surface area (Å²) in [6.07, 6.45) is 5.17. The van der Waals surface area contributed by atoms with Crippen molar-refractivity contribution >= 4 is 0 Å². The first kappa shape index (κ1) is 13.1. The maximum absolute atomic E-state index is 5.74. The number of ether oxygens (including phenoxy) is 1. The van der Waals surface area contributed by atoms with Crippen LogP contribution in [-0.2, 0) is 26.1 Å². The Balaban J connectivity index is 1.63. The summed E-state index contributed by atoms with van der Waals surface area (Å²) in [5.74, 6) is 2.74. The van der Waals surface area contributed by atoms with E-state index in [0.29, 0.717) is 6.61 Å². The standard InChI is InChI=1S/C14H19N5O/c1-15-8-11-5-6-12(9-16-11)20-10-14-18-17-13-4-2-3-7-19(13)14/h5-6,9,15H,2-4,7-8,10H2,1H3. The van der Waals surface area contributed by atoms with Crippen molar-refractivity contribution in [3.8, 4) is 5.75 Å². The molecule has 0 aliphatic carbocycles. The quantitative estimate of drug-likeness (QED) is 0.889. The van der Waals surface area contributed by atoms with Gasteiger partial charge >= 0.3 is 0 Å². The molecule has 0 spiro atoms. The van der Waals surface area contributed by atoms with E-state index in [1.165, 1.54) is 12.8 Å². The summed E-state index contributed by atoms with van der Waals surface area (Å²) in [5.41, 5.74) is 1.000. The third-order valence-corrected chi connectivity index (χ3v) is 3.46. The van der Waals surface area contributed by atoms with Gasteiger partial charge < -0.3 is 14.6 Å². The number of rotatable bonds is 5. The molecule has 6 heteroatoms. The Labute approximate surface area is 118 Å². The van der Waals surface area contributed by atoms with Crippen LogP contribution in [0.15, 0.2) is 18.3 Å². The van der Waals surface area contributed by atoms with Crippen LogP contribution in [0.1, 0.15) is 30.2 Å². The molecule has 2 aromatic heterocycles. The lowest BCUT2D eigenvalue weighted by Gasteiger charge is -2.14. The Kier molecular flexibility index (Phi) is 3.92. The number of aromatic nitrogens is 4. The Morgan fingerprint density at radius 1 is 1.30 bits per heavy atom. The predicted octanol–water partition coefficient (Wildman–Crippen LogP) is 1.31. The van der Waals surface area contributed by atoms with Crippen LogP contribution in [0.2, 0.25) is 0 Å². The summed E-state index contributed by atoms with van der Waals surface area (Å²) >= 11 is 0. The van der Waals surface area contributed by atoms with Crippen molar-refractivity contribution in [2.24, 2.45) is 0 Å². The van der Waals surface area contributed by atoms with Crippen LogP contribution >= 0.6 is 0 Å². The highest BCUT2D eigenvalue weighted by molar-refractivity contribution is 5.20. The van der Waals surface area contributed by atoms with Gasteiger partial charge in [0.2, 0.25) is 0 Å². The van der Waals surface area contributed by atoms with E-state index in [1.807, 2.05) is 19.2 Å². The lowest BCUT2D eigenvalue weighted by atomic mass is 10.2. The second kappa shape index (κ2) is 6.00. The van der Waals surface area contributed by atoms with Gasteiger partial charge in [-0.2, -0.15) is 0 Å². The zero-order valence-electron chi connectivity index (χ0n) is 11.7. The smallest absolute Gasteiger partial charge is 0.171 e. The number of hydrogen-bond acceptors (Lipinski definition) is 5. The zero-order chi connectivity index (χ0) is 13.8. The monoisotopic (exact) mass is 273 g/mol. The molecule has 0 fully saturated rings. The molecule has 0 atom stereocenters. The second-order valence-electron chi connectivity index (χ2n) is 4.95. The van der Waals surface area contributed by atoms with Gasteiger partial charge in [-0.05, 0) is 32.0 Å². The van der Waals surface area contributed by atoms with E-state index >= 15 is 0 Å². The fourth-order valence-electron chi connectivity index (χ4n) is 2.41. The SMILES string of the molecule is CNCc1ccc(OCc2nnc3n2CCCC3)cn1. The number of fused-ring (bicyclic) bond motifs is 1. The number of nitrogens with zero attached hydrogens (tertiary/aromatic N) is 4. The highest BCUT2D eigenvalue weighted by atomic mass is 16.5. The summed E-state index contributed by atoms with van der Waals surface area (Å²) in [4.78, 5) is 4.33. The largest absolute Gasteiger partial charge is 0.484 e. The minimum Gasteiger partial charge on any atom is -0.484 e. The molecular formula is C14H19N5O. The van der Waals surface area contributed by atoms with Crippen molar-refractivity contribution in [3.05, 3.63) is 35.7 Å². The van der Waals surface area contributed by atoms with Gasteiger partial charge in [-0.3, -0.25) is 4.98 Å². The lowest BCUT2D eigenvalue weighted by molar-refractivity contribution is 0.285. The normalized spacial score (nSPS) is 14.1. The van der Waals surface area contributed by atoms with Gasteiger partial charge in [-0.15, -0.1) is 10.2 Å². The average molecular weight is 273 g/mol. The number of nitrogens with one attached hydrogen (secondary N) is 1. The van der Waals surface area contributed by atoms with Crippen LogP contribution < -0.4 is 10.1 Å². The summed E-state index contributed by atoms with van der Waals surface area (Å²) in [7, 11) is 1.90. The highest BCUT2D eigenvalue weighted by Gasteiger charge is 2.15. The topological polar surface area (TPSA) is 64.9 Å². The van der Waals surface area contributed by atoms with E-state index in [4.69, 9.17) is 4.74 Å². The molecule has 0 amide bonds. The van der Waals surface area contributed by atoms with Gasteiger partial charge in [0.1, 0.15) is 18.2 Å². The lowest BCUT2D eigenvalue weighted by Crippen LogP contribution is -2.14. The Morgan fingerprint density at radius 3 is 3.05 bits per heavy atom. The van der Waals surface area contributed by atoms with Gasteiger partial charge in [0.15, 0.2) is 5.82 Å². The molecule has 1 aliphatic heterocycles. The second-order valence-corrected chi connectivity index (χ2v) is 4.95. The van der Waals surface area contributed by atoms with Gasteiger partial charge in [0.05, 0.1) is 11.9 Å². The van der Waals surface area contributed by atoms with Crippen molar-refractivity contribution in [1.82, 2.24) is 25.1 Å².